The van der Waals surface area contributed by atoms with Gasteiger partial charge in [0, 0.05) is 28.8 Å². The van der Waals surface area contributed by atoms with Crippen LogP contribution in [0.1, 0.15) is 61.0 Å². The van der Waals surface area contributed by atoms with E-state index in [0.717, 1.165) is 30.7 Å². The molecule has 31 heavy (non-hydrogen) atoms. The molecule has 0 bridgehead atoms. The van der Waals surface area contributed by atoms with Gasteiger partial charge in [-0.3, -0.25) is 0 Å². The van der Waals surface area contributed by atoms with Crippen LogP contribution in [0.4, 0.5) is 0 Å². The van der Waals surface area contributed by atoms with E-state index < -0.39 is 0 Å². The molecule has 0 amide bonds. The summed E-state index contributed by atoms with van der Waals surface area (Å²) >= 11 is 22.4. The minimum absolute atomic E-state index is 0.567. The predicted molar refractivity (Wildman–Crippen MR) is 168 cm³/mol. The van der Waals surface area contributed by atoms with Gasteiger partial charge in [0.25, 0.3) is 0 Å². The Bertz CT molecular complexity index is 612. The number of rotatable bonds is 6. The van der Waals surface area contributed by atoms with Gasteiger partial charge in [-0.1, -0.05) is 120 Å². The lowest BCUT2D eigenvalue weighted by Gasteiger charge is -2.21. The molecule has 0 aromatic heterocycles. The molecule has 0 radical (unpaired) electrons. The number of benzene rings is 1. The lowest BCUT2D eigenvalue weighted by molar-refractivity contribution is 0.482. The maximum atomic E-state index is 5.26. The second-order valence-corrected chi connectivity index (χ2v) is 15.1. The molecule has 0 saturated carbocycles. The third-order valence-electron chi connectivity index (χ3n) is 3.21. The van der Waals surface area contributed by atoms with E-state index in [1.54, 1.807) is 47.0 Å². The Morgan fingerprint density at radius 3 is 1.55 bits per heavy atom. The van der Waals surface area contributed by atoms with Crippen LogP contribution in [0.25, 0.3) is 0 Å². The van der Waals surface area contributed by atoms with Gasteiger partial charge in [-0.25, -0.2) is 0 Å². The molecular formula is C23H39NS7. The Kier molecular flexibility index (Phi) is 23.2. The van der Waals surface area contributed by atoms with Crippen molar-refractivity contribution in [2.24, 2.45) is 0 Å². The largest absolute Gasteiger partial charge is 0.358 e. The predicted octanol–water partition coefficient (Wildman–Crippen LogP) is 9.03. The second-order valence-electron chi connectivity index (χ2n) is 7.05. The lowest BCUT2D eigenvalue weighted by Crippen LogP contribution is -2.27. The summed E-state index contributed by atoms with van der Waals surface area (Å²) in [4.78, 5) is 2.21. The maximum absolute atomic E-state index is 5.26. The van der Waals surface area contributed by atoms with Gasteiger partial charge in [0.05, 0.1) is 4.20 Å². The molecule has 1 rings (SSSR count). The van der Waals surface area contributed by atoms with E-state index >= 15 is 0 Å². The van der Waals surface area contributed by atoms with Gasteiger partial charge in [0.2, 0.25) is 0 Å². The highest BCUT2D eigenvalue weighted by atomic mass is 32.2. The van der Waals surface area contributed by atoms with Crippen molar-refractivity contribution >= 4 is 95.7 Å². The van der Waals surface area contributed by atoms with Crippen LogP contribution in [0.5, 0.6) is 0 Å². The lowest BCUT2D eigenvalue weighted by atomic mass is 10.2. The molecule has 0 unspecified atom stereocenters. The monoisotopic (exact) mass is 553 g/mol. The van der Waals surface area contributed by atoms with Crippen LogP contribution < -0.4 is 0 Å². The summed E-state index contributed by atoms with van der Waals surface area (Å²) in [6.45, 7) is 19.2. The van der Waals surface area contributed by atoms with Crippen molar-refractivity contribution in [1.29, 1.82) is 0 Å². The van der Waals surface area contributed by atoms with Gasteiger partial charge in [-0.05, 0) is 25.7 Å². The van der Waals surface area contributed by atoms with E-state index in [4.69, 9.17) is 36.7 Å². The fourth-order valence-corrected chi connectivity index (χ4v) is 6.84. The molecule has 8 heteroatoms. The smallest absolute Gasteiger partial charge is 0.136 e. The summed E-state index contributed by atoms with van der Waals surface area (Å²) in [5.41, 5.74) is 1.16. The molecule has 0 heterocycles. The van der Waals surface area contributed by atoms with Crippen molar-refractivity contribution in [2.45, 2.75) is 71.1 Å². The fourth-order valence-electron chi connectivity index (χ4n) is 1.85. The standard InChI is InChI=1S/C10H12S2.C8H17NS2.C5H10S3/c1-8(2)12-10(11)9-6-4-3-5-7-9;1-5-9(6-2)8(10)11-7(3)4;1-4(2)8-5(6)7-3/h3-8H,1-2H3;7H,5-6H2,1-4H3;4H,1-3H3. The van der Waals surface area contributed by atoms with E-state index in [2.05, 4.69) is 72.4 Å². The van der Waals surface area contributed by atoms with Crippen molar-refractivity contribution in [2.75, 3.05) is 19.3 Å². The molecule has 0 N–H and O–H groups in total. The van der Waals surface area contributed by atoms with E-state index in [1.165, 1.54) is 0 Å². The van der Waals surface area contributed by atoms with Crippen molar-refractivity contribution in [3.8, 4) is 0 Å². The van der Waals surface area contributed by atoms with Gasteiger partial charge in [-0.2, -0.15) is 0 Å². The quantitative estimate of drug-likeness (QED) is 0.317. The molecule has 0 spiro atoms. The Morgan fingerprint density at radius 2 is 1.23 bits per heavy atom. The van der Waals surface area contributed by atoms with Crippen LogP contribution in [0.3, 0.4) is 0 Å². The molecular weight excluding hydrogens is 515 g/mol. The van der Waals surface area contributed by atoms with E-state index in [9.17, 15) is 0 Å². The normalized spacial score (nSPS) is 10.2. The summed E-state index contributed by atoms with van der Waals surface area (Å²) in [5.74, 6) is 0. The molecule has 0 fully saturated rings. The Morgan fingerprint density at radius 1 is 0.774 bits per heavy atom. The number of thioether (sulfide) groups is 4. The van der Waals surface area contributed by atoms with Crippen LogP contribution in [0, 0.1) is 0 Å². The van der Waals surface area contributed by atoms with Crippen molar-refractivity contribution < 1.29 is 0 Å². The van der Waals surface area contributed by atoms with Crippen LogP contribution >= 0.6 is 83.7 Å². The Labute approximate surface area is 225 Å². The molecule has 0 aliphatic carbocycles. The zero-order valence-corrected chi connectivity index (χ0v) is 26.1. The van der Waals surface area contributed by atoms with Crippen LogP contribution in [-0.2, 0) is 0 Å². The van der Waals surface area contributed by atoms with Crippen LogP contribution in [-0.4, -0.2) is 52.0 Å². The maximum Gasteiger partial charge on any atom is 0.136 e. The first-order valence-electron chi connectivity index (χ1n) is 10.4. The first-order chi connectivity index (χ1) is 14.5. The highest BCUT2D eigenvalue weighted by Gasteiger charge is 2.07. The Hall–Kier alpha value is 0.690. The molecule has 1 aromatic carbocycles. The third kappa shape index (κ3) is 21.0. The molecule has 0 aliphatic heterocycles. The van der Waals surface area contributed by atoms with Gasteiger partial charge in [0.1, 0.15) is 7.85 Å². The minimum Gasteiger partial charge on any atom is -0.358 e. The average Bonchev–Trinajstić information content (AvgIpc) is 2.69. The van der Waals surface area contributed by atoms with Crippen molar-refractivity contribution in [3.05, 3.63) is 35.9 Å². The van der Waals surface area contributed by atoms with Crippen LogP contribution in [0.15, 0.2) is 30.3 Å². The van der Waals surface area contributed by atoms with E-state index in [0.29, 0.717) is 15.7 Å². The van der Waals surface area contributed by atoms with Gasteiger partial charge in [0.15, 0.2) is 0 Å². The summed E-state index contributed by atoms with van der Waals surface area (Å²) < 4.78 is 3.07. The fraction of sp³-hybridized carbons (Fsp3) is 0.609. The second kappa shape index (κ2) is 21.2. The highest BCUT2D eigenvalue weighted by molar-refractivity contribution is 8.47. The minimum atomic E-state index is 0.567. The number of hydrogen-bond donors (Lipinski definition) is 0. The molecule has 0 aliphatic rings. The number of hydrogen-bond acceptors (Lipinski definition) is 7. The first-order valence-corrected chi connectivity index (χ1v) is 15.5. The van der Waals surface area contributed by atoms with Crippen molar-refractivity contribution in [3.63, 3.8) is 0 Å². The summed E-state index contributed by atoms with van der Waals surface area (Å²) in [5, 5.41) is 1.80. The Balaban J connectivity index is 0. The number of thiocarbonyl (C=S) groups is 3. The SMILES string of the molecule is CC(C)SC(=S)c1ccccc1.CCN(CC)C(=S)SC(C)C.CSC(=S)SC(C)C. The van der Waals surface area contributed by atoms with Gasteiger partial charge < -0.3 is 4.90 Å². The summed E-state index contributed by atoms with van der Waals surface area (Å²) in [7, 11) is 0. The van der Waals surface area contributed by atoms with Crippen molar-refractivity contribution in [1.82, 2.24) is 4.90 Å². The molecule has 0 atom stereocenters. The van der Waals surface area contributed by atoms with E-state index in [1.807, 2.05) is 24.5 Å². The third-order valence-corrected chi connectivity index (χ3v) is 8.71. The highest BCUT2D eigenvalue weighted by Crippen LogP contribution is 2.19. The molecule has 1 nitrogen and oxygen atoms in total. The number of nitrogens with zero attached hydrogens (tertiary/aromatic N) is 1. The zero-order chi connectivity index (χ0) is 24.4. The van der Waals surface area contributed by atoms with Crippen LogP contribution in [0.2, 0.25) is 0 Å². The first kappa shape index (κ1) is 33.9. The molecule has 178 valence electrons. The summed E-state index contributed by atoms with van der Waals surface area (Å²) in [6.07, 6.45) is 2.01. The average molecular weight is 554 g/mol. The zero-order valence-electron chi connectivity index (χ0n) is 20.3. The van der Waals surface area contributed by atoms with E-state index in [-0.39, 0.29) is 0 Å². The summed E-state index contributed by atoms with van der Waals surface area (Å²) in [6, 6.07) is 10.1. The van der Waals surface area contributed by atoms with Gasteiger partial charge in [-0.15, -0.1) is 35.3 Å². The topological polar surface area (TPSA) is 3.24 Å². The molecule has 1 aromatic rings. The molecule has 0 saturated heterocycles. The van der Waals surface area contributed by atoms with Gasteiger partial charge >= 0.3 is 0 Å².